The molecule has 3 rings (SSSR count). The highest BCUT2D eigenvalue weighted by Gasteiger charge is 2.31. The van der Waals surface area contributed by atoms with E-state index >= 15 is 0 Å². The van der Waals surface area contributed by atoms with Crippen molar-refractivity contribution in [3.05, 3.63) is 59.7 Å². The van der Waals surface area contributed by atoms with Crippen LogP contribution >= 0.6 is 0 Å². The lowest BCUT2D eigenvalue weighted by Gasteiger charge is -2.31. The van der Waals surface area contributed by atoms with Crippen molar-refractivity contribution in [1.29, 1.82) is 0 Å². The van der Waals surface area contributed by atoms with E-state index in [2.05, 4.69) is 27.0 Å². The molecule has 0 spiro atoms. The van der Waals surface area contributed by atoms with Gasteiger partial charge in [0.15, 0.2) is 0 Å². The SMILES string of the molecule is C=C(C)C(=O)Oc1c2c(c(OC(=O)C(=C)C)c3ccccc13)C(CCC(C)C)CCC2. The van der Waals surface area contributed by atoms with Crippen molar-refractivity contribution in [2.45, 2.75) is 65.7 Å². The van der Waals surface area contributed by atoms with Gasteiger partial charge in [0.25, 0.3) is 0 Å². The van der Waals surface area contributed by atoms with Gasteiger partial charge in [0.1, 0.15) is 11.5 Å². The number of esters is 2. The molecule has 2 aromatic rings. The summed E-state index contributed by atoms with van der Waals surface area (Å²) in [6.45, 7) is 15.2. The van der Waals surface area contributed by atoms with Crippen molar-refractivity contribution in [3.63, 3.8) is 0 Å². The summed E-state index contributed by atoms with van der Waals surface area (Å²) in [6.07, 6.45) is 4.86. The van der Waals surface area contributed by atoms with E-state index in [0.717, 1.165) is 54.0 Å². The first kappa shape index (κ1) is 22.8. The molecule has 4 nitrogen and oxygen atoms in total. The maximum Gasteiger partial charge on any atom is 0.338 e. The van der Waals surface area contributed by atoms with Crippen LogP contribution in [0.4, 0.5) is 0 Å². The summed E-state index contributed by atoms with van der Waals surface area (Å²) in [5.41, 5.74) is 2.68. The third-order valence-electron chi connectivity index (χ3n) is 5.83. The Hall–Kier alpha value is -2.88. The van der Waals surface area contributed by atoms with Crippen molar-refractivity contribution < 1.29 is 19.1 Å². The summed E-state index contributed by atoms with van der Waals surface area (Å²) in [5.74, 6) is 1.10. The monoisotopic (exact) mass is 420 g/mol. The van der Waals surface area contributed by atoms with Crippen molar-refractivity contribution in [2.24, 2.45) is 5.92 Å². The maximum atomic E-state index is 12.5. The lowest BCUT2D eigenvalue weighted by atomic mass is 9.77. The molecule has 0 fully saturated rings. The van der Waals surface area contributed by atoms with Gasteiger partial charge in [-0.1, -0.05) is 57.7 Å². The smallest absolute Gasteiger partial charge is 0.338 e. The summed E-state index contributed by atoms with van der Waals surface area (Å²) in [7, 11) is 0. The number of ether oxygens (including phenoxy) is 2. The molecular weight excluding hydrogens is 388 g/mol. The molecule has 0 saturated heterocycles. The van der Waals surface area contributed by atoms with Crippen LogP contribution in [0.15, 0.2) is 48.6 Å². The van der Waals surface area contributed by atoms with Gasteiger partial charge in [-0.25, -0.2) is 9.59 Å². The Bertz CT molecular complexity index is 1040. The van der Waals surface area contributed by atoms with E-state index in [0.29, 0.717) is 28.6 Å². The number of hydrogen-bond acceptors (Lipinski definition) is 4. The molecule has 0 bridgehead atoms. The quantitative estimate of drug-likeness (QED) is 0.285. The van der Waals surface area contributed by atoms with Crippen LogP contribution in [-0.2, 0) is 16.0 Å². The van der Waals surface area contributed by atoms with Gasteiger partial charge in [-0.15, -0.1) is 0 Å². The highest BCUT2D eigenvalue weighted by Crippen LogP contribution is 2.50. The molecule has 0 radical (unpaired) electrons. The average Bonchev–Trinajstić information content (AvgIpc) is 2.73. The zero-order valence-corrected chi connectivity index (χ0v) is 19.0. The first-order valence-corrected chi connectivity index (χ1v) is 11.0. The van der Waals surface area contributed by atoms with Gasteiger partial charge >= 0.3 is 11.9 Å². The van der Waals surface area contributed by atoms with Crippen LogP contribution in [0.2, 0.25) is 0 Å². The summed E-state index contributed by atoms with van der Waals surface area (Å²) in [5, 5.41) is 1.54. The lowest BCUT2D eigenvalue weighted by Crippen LogP contribution is -2.19. The number of carbonyl (C=O) groups excluding carboxylic acids is 2. The minimum absolute atomic E-state index is 0.242. The van der Waals surface area contributed by atoms with E-state index in [1.165, 1.54) is 0 Å². The minimum atomic E-state index is -0.441. The Balaban J connectivity index is 2.28. The first-order valence-electron chi connectivity index (χ1n) is 11.0. The molecule has 0 amide bonds. The third-order valence-corrected chi connectivity index (χ3v) is 5.83. The maximum absolute atomic E-state index is 12.5. The third kappa shape index (κ3) is 4.90. The summed E-state index contributed by atoms with van der Waals surface area (Å²) >= 11 is 0. The molecule has 4 heteroatoms. The first-order chi connectivity index (χ1) is 14.7. The van der Waals surface area contributed by atoms with Crippen LogP contribution in [0.25, 0.3) is 10.8 Å². The van der Waals surface area contributed by atoms with E-state index in [9.17, 15) is 9.59 Å². The Morgan fingerprint density at radius 3 is 2.10 bits per heavy atom. The molecule has 1 aliphatic rings. The fourth-order valence-electron chi connectivity index (χ4n) is 4.21. The zero-order chi connectivity index (χ0) is 22.7. The second-order valence-corrected chi connectivity index (χ2v) is 9.00. The molecule has 0 heterocycles. The predicted molar refractivity (Wildman–Crippen MR) is 125 cm³/mol. The van der Waals surface area contributed by atoms with Gasteiger partial charge in [-0.05, 0) is 51.4 Å². The van der Waals surface area contributed by atoms with Crippen LogP contribution in [0.5, 0.6) is 11.5 Å². The molecule has 1 aliphatic carbocycles. The minimum Gasteiger partial charge on any atom is -0.422 e. The Morgan fingerprint density at radius 1 is 1.00 bits per heavy atom. The van der Waals surface area contributed by atoms with E-state index in [4.69, 9.17) is 9.47 Å². The Kier molecular flexibility index (Phi) is 6.99. The highest BCUT2D eigenvalue weighted by molar-refractivity contribution is 6.01. The van der Waals surface area contributed by atoms with Crippen LogP contribution < -0.4 is 9.47 Å². The van der Waals surface area contributed by atoms with Crippen molar-refractivity contribution in [2.75, 3.05) is 0 Å². The van der Waals surface area contributed by atoms with E-state index in [1.54, 1.807) is 13.8 Å². The summed E-state index contributed by atoms with van der Waals surface area (Å²) in [6, 6.07) is 7.63. The molecule has 1 unspecified atom stereocenters. The number of fused-ring (bicyclic) bond motifs is 2. The number of carbonyl (C=O) groups is 2. The second-order valence-electron chi connectivity index (χ2n) is 9.00. The topological polar surface area (TPSA) is 52.6 Å². The van der Waals surface area contributed by atoms with Crippen molar-refractivity contribution in [3.8, 4) is 11.5 Å². The fourth-order valence-corrected chi connectivity index (χ4v) is 4.21. The molecule has 164 valence electrons. The standard InChI is InChI=1S/C27H32O4/c1-16(2)14-15-19-10-9-13-22-23(19)25(31-27(29)18(5)6)21-12-8-7-11-20(21)24(22)30-26(28)17(3)4/h7-8,11-12,16,19H,3,5,9-10,13-15H2,1-2,4,6H3. The Labute approximate surface area is 184 Å². The zero-order valence-electron chi connectivity index (χ0n) is 19.0. The van der Waals surface area contributed by atoms with Crippen molar-refractivity contribution >= 4 is 22.7 Å². The molecule has 0 aliphatic heterocycles. The van der Waals surface area contributed by atoms with Gasteiger partial charge in [0, 0.05) is 33.0 Å². The largest absolute Gasteiger partial charge is 0.422 e. The van der Waals surface area contributed by atoms with Gasteiger partial charge < -0.3 is 9.47 Å². The van der Waals surface area contributed by atoms with E-state index < -0.39 is 11.9 Å². The number of rotatable bonds is 7. The van der Waals surface area contributed by atoms with Crippen molar-refractivity contribution in [1.82, 2.24) is 0 Å². The average molecular weight is 421 g/mol. The summed E-state index contributed by atoms with van der Waals surface area (Å²) < 4.78 is 11.8. The number of benzene rings is 2. The predicted octanol–water partition coefficient (Wildman–Crippen LogP) is 6.66. The van der Waals surface area contributed by atoms with Gasteiger partial charge in [-0.2, -0.15) is 0 Å². The lowest BCUT2D eigenvalue weighted by molar-refractivity contribution is -0.131. The summed E-state index contributed by atoms with van der Waals surface area (Å²) in [4.78, 5) is 25.0. The normalized spacial score (nSPS) is 15.5. The van der Waals surface area contributed by atoms with Gasteiger partial charge in [0.05, 0.1) is 0 Å². The van der Waals surface area contributed by atoms with Crippen LogP contribution in [-0.4, -0.2) is 11.9 Å². The molecule has 1 atom stereocenters. The van der Waals surface area contributed by atoms with E-state index in [-0.39, 0.29) is 5.92 Å². The van der Waals surface area contributed by atoms with Gasteiger partial charge in [0.2, 0.25) is 0 Å². The van der Waals surface area contributed by atoms with Gasteiger partial charge in [-0.3, -0.25) is 0 Å². The fraction of sp³-hybridized carbons (Fsp3) is 0.407. The highest BCUT2D eigenvalue weighted by atomic mass is 16.5. The molecule has 0 saturated carbocycles. The molecule has 0 N–H and O–H groups in total. The van der Waals surface area contributed by atoms with Crippen LogP contribution in [0.3, 0.4) is 0 Å². The van der Waals surface area contributed by atoms with Crippen LogP contribution in [0, 0.1) is 5.92 Å². The molecular formula is C27H32O4. The second kappa shape index (κ2) is 9.51. The van der Waals surface area contributed by atoms with E-state index in [1.807, 2.05) is 24.3 Å². The van der Waals surface area contributed by atoms with Crippen LogP contribution in [0.1, 0.15) is 70.4 Å². The molecule has 2 aromatic carbocycles. The Morgan fingerprint density at radius 2 is 1.55 bits per heavy atom. The number of hydrogen-bond donors (Lipinski definition) is 0. The molecule has 31 heavy (non-hydrogen) atoms. The molecule has 0 aromatic heterocycles.